The maximum Gasteiger partial charge on any atom is 0.346 e. The number of hydrogen-bond donors (Lipinski definition) is 5. The average molecular weight is 1520 g/mol. The van der Waals surface area contributed by atoms with Crippen molar-refractivity contribution in [3.05, 3.63) is 276 Å². The molecule has 19 rings (SSSR count). The van der Waals surface area contributed by atoms with Crippen LogP contribution in [-0.2, 0) is 52.3 Å². The summed E-state index contributed by atoms with van der Waals surface area (Å²) in [7, 11) is 5.47. The monoisotopic (exact) mass is 1520 g/mol. The lowest BCUT2D eigenvalue weighted by Gasteiger charge is -2.14. The molecule has 7 N–H and O–H groups in total. The topological polar surface area (TPSA) is 471 Å². The van der Waals surface area contributed by atoms with Crippen LogP contribution in [-0.4, -0.2) is 130 Å². The van der Waals surface area contributed by atoms with E-state index in [1.54, 1.807) is 191 Å². The number of carbonyl (C=O) groups excluding carboxylic acids is 6. The molecule has 16 aromatic rings. The molecule has 35 heteroatoms. The molecule has 35 nitrogen and oxygen atoms in total. The molecule has 0 spiro atoms. The van der Waals surface area contributed by atoms with Gasteiger partial charge in [-0.15, -0.1) is 0 Å². The first-order valence-corrected chi connectivity index (χ1v) is 33.8. The second-order valence-corrected chi connectivity index (χ2v) is 24.6. The molecule has 16 heterocycles. The van der Waals surface area contributed by atoms with E-state index >= 15 is 0 Å². The van der Waals surface area contributed by atoms with Gasteiger partial charge in [0.15, 0.2) is 0 Å². The van der Waals surface area contributed by atoms with Gasteiger partial charge in [0.25, 0.3) is 23.6 Å². The number of nitrogens with zero attached hydrogens (tertiary/aromatic N) is 18. The Bertz CT molecular complexity index is 6110. The number of aromatic nitrogens is 16. The Kier molecular flexibility index (Phi) is 21.4. The molecule has 113 heavy (non-hydrogen) atoms. The third-order valence-electron chi connectivity index (χ3n) is 16.6. The van der Waals surface area contributed by atoms with Crippen molar-refractivity contribution in [1.82, 2.24) is 79.2 Å². The molecule has 0 bridgehead atoms. The number of oxazole rings is 3. The SMILES string of the molecule is Cn1cc(-c2nc3cc(O)cnc3o2)cn1.Cn1cc(-c2nc3cc(OCc4ccc(N)cn4)cnc3o2)cn1.Cn1cc(-c2nc3cc(OCc4ccc(N5C(=O)c6ccccc6C5=O)cn4)cnc3o2)cn1.Nc1ccc(CO)nc1.O=C1OC(=O)c2ccccc21.O=C1c2ccccc2C(=O)N1c1ccc(CO)nc1. The fraction of sp³-hybridized carbons (Fsp3) is 0.0897. The van der Waals surface area contributed by atoms with Gasteiger partial charge in [-0.1, -0.05) is 36.4 Å². The number of aliphatic hydroxyl groups is 2. The Labute approximate surface area is 636 Å². The summed E-state index contributed by atoms with van der Waals surface area (Å²) in [5, 5.41) is 39.0. The number of aromatic hydroxyl groups is 1. The normalized spacial score (nSPS) is 12.3. The van der Waals surface area contributed by atoms with Gasteiger partial charge in [-0.2, -0.15) is 15.3 Å². The van der Waals surface area contributed by atoms with Gasteiger partial charge < -0.3 is 54.2 Å². The van der Waals surface area contributed by atoms with Crippen molar-refractivity contribution in [3.8, 4) is 51.6 Å². The van der Waals surface area contributed by atoms with E-state index in [2.05, 4.69) is 69.9 Å². The number of aryl methyl sites for hydroxylation is 3. The summed E-state index contributed by atoms with van der Waals surface area (Å²) in [6.07, 6.45) is 20.9. The molecule has 3 aliphatic heterocycles. The minimum atomic E-state index is -0.550. The lowest BCUT2D eigenvalue weighted by molar-refractivity contribution is 0.0442. The van der Waals surface area contributed by atoms with Crippen molar-refractivity contribution < 1.29 is 71.5 Å². The van der Waals surface area contributed by atoms with Crippen LogP contribution in [0.4, 0.5) is 22.7 Å². The van der Waals surface area contributed by atoms with E-state index in [-0.39, 0.29) is 49.2 Å². The number of amides is 4. The van der Waals surface area contributed by atoms with E-state index in [1.807, 2.05) is 33.4 Å². The zero-order chi connectivity index (χ0) is 78.8. The number of rotatable bonds is 13. The summed E-state index contributed by atoms with van der Waals surface area (Å²) in [6, 6.07) is 38.6. The van der Waals surface area contributed by atoms with Crippen LogP contribution >= 0.6 is 0 Å². The number of ether oxygens (including phenoxy) is 3. The van der Waals surface area contributed by atoms with E-state index in [1.165, 1.54) is 30.9 Å². The lowest BCUT2D eigenvalue weighted by Crippen LogP contribution is -2.29. The summed E-state index contributed by atoms with van der Waals surface area (Å²) in [4.78, 5) is 115. The van der Waals surface area contributed by atoms with Gasteiger partial charge in [0, 0.05) is 57.9 Å². The average Bonchev–Trinajstić information content (AvgIpc) is 1.63. The van der Waals surface area contributed by atoms with Crippen molar-refractivity contribution in [1.29, 1.82) is 0 Å². The molecular formula is C78H60N20O15. The minimum Gasteiger partial charge on any atom is -0.506 e. The standard InChI is InChI=1S/C24H16N6O4.C16H14N6O2.C14H10N2O3.C10H8N4O2.C8H4O3.C6H8N2O/c1-29-12-14(9-27-29)21-28-20-8-17(11-26-22(20)34-21)33-13-15-6-7-16(10-25-15)30-23(31)18-4-2-3-5-19(18)24(30)32;1-22-8-10(5-20-22)15-21-14-4-13(7-19-16(14)24-15)23-9-12-3-2-11(17)6-18-12;17-8-9-5-6-10(7-15-9)16-13(18)11-3-1-2-4-12(11)14(16)19;1-14-5-6(3-12-14)9-13-8-2-7(15)4-11-10(8)16-9;9-7-5-3-1-2-4-6(5)8(10)11-7;7-5-1-2-6(4-9)8-3-5/h2-12H,13H2,1H3;2-8H,9,17H2,1H3;1-7,17H,8H2;2-5,15H,1H3;1-4H;1-3,9H,4,7H2. The largest absolute Gasteiger partial charge is 0.506 e. The first-order chi connectivity index (χ1) is 54.8. The summed E-state index contributed by atoms with van der Waals surface area (Å²) >= 11 is 0. The van der Waals surface area contributed by atoms with E-state index in [0.717, 1.165) is 32.2 Å². The van der Waals surface area contributed by atoms with Crippen LogP contribution < -0.4 is 30.7 Å². The number of cyclic esters (lactones) is 2. The molecule has 3 aromatic carbocycles. The Balaban J connectivity index is 0.000000118. The first kappa shape index (κ1) is 74.0. The summed E-state index contributed by atoms with van der Waals surface area (Å²) < 4.78 is 37.6. The number of esters is 2. The third kappa shape index (κ3) is 16.8. The molecule has 0 fully saturated rings. The summed E-state index contributed by atoms with van der Waals surface area (Å²) in [5.74, 6) is 0.000329. The van der Waals surface area contributed by atoms with Crippen LogP contribution in [0.25, 0.3) is 68.1 Å². The van der Waals surface area contributed by atoms with Crippen molar-refractivity contribution in [2.75, 3.05) is 21.3 Å². The van der Waals surface area contributed by atoms with Gasteiger partial charge in [0.2, 0.25) is 34.8 Å². The van der Waals surface area contributed by atoms with Gasteiger partial charge >= 0.3 is 11.9 Å². The van der Waals surface area contributed by atoms with Crippen LogP contribution in [0.3, 0.4) is 0 Å². The zero-order valence-corrected chi connectivity index (χ0v) is 59.6. The number of benzene rings is 3. The molecule has 0 radical (unpaired) electrons. The number of imide groups is 2. The Hall–Kier alpha value is -15.9. The highest BCUT2D eigenvalue weighted by Gasteiger charge is 2.38. The van der Waals surface area contributed by atoms with Crippen LogP contribution in [0.5, 0.6) is 17.2 Å². The van der Waals surface area contributed by atoms with Crippen LogP contribution in [0, 0.1) is 0 Å². The molecule has 13 aromatic heterocycles. The molecule has 3 aliphatic rings. The Morgan fingerprint density at radius 2 is 0.717 bits per heavy atom. The first-order valence-electron chi connectivity index (χ1n) is 33.8. The number of fused-ring (bicyclic) bond motifs is 6. The molecule has 0 unspecified atom stereocenters. The van der Waals surface area contributed by atoms with Crippen molar-refractivity contribution >= 4 is 92.0 Å². The Morgan fingerprint density at radius 3 is 1.05 bits per heavy atom. The molecule has 0 atom stereocenters. The number of nitrogens with two attached hydrogens (primary N) is 2. The predicted molar refractivity (Wildman–Crippen MR) is 401 cm³/mol. The zero-order valence-electron chi connectivity index (χ0n) is 59.6. The maximum absolute atomic E-state index is 12.6. The predicted octanol–water partition coefficient (Wildman–Crippen LogP) is 9.43. The number of hydrogen-bond acceptors (Lipinski definition) is 30. The third-order valence-corrected chi connectivity index (χ3v) is 16.6. The summed E-state index contributed by atoms with van der Waals surface area (Å²) in [6.45, 7) is 0.284. The highest BCUT2D eigenvalue weighted by Crippen LogP contribution is 2.33. The number of aliphatic hydroxyl groups excluding tert-OH is 2. The van der Waals surface area contributed by atoms with E-state index < -0.39 is 11.9 Å². The van der Waals surface area contributed by atoms with Gasteiger partial charge in [-0.3, -0.25) is 53.2 Å². The quantitative estimate of drug-likeness (QED) is 0.0407. The fourth-order valence-corrected chi connectivity index (χ4v) is 11.1. The van der Waals surface area contributed by atoms with E-state index in [9.17, 15) is 33.9 Å². The van der Waals surface area contributed by atoms with Crippen molar-refractivity contribution in [2.24, 2.45) is 21.1 Å². The van der Waals surface area contributed by atoms with Gasteiger partial charge in [0.05, 0.1) is 171 Å². The second kappa shape index (κ2) is 32.7. The summed E-state index contributed by atoms with van der Waals surface area (Å²) in [5.41, 5.74) is 23.1. The minimum absolute atomic E-state index is 0.0275. The second-order valence-electron chi connectivity index (χ2n) is 24.6. The molecule has 0 aliphatic carbocycles. The van der Waals surface area contributed by atoms with Crippen molar-refractivity contribution in [3.63, 3.8) is 0 Å². The number of carbonyl (C=O) groups is 6. The van der Waals surface area contributed by atoms with Gasteiger partial charge in [-0.25, -0.2) is 49.3 Å². The van der Waals surface area contributed by atoms with Crippen LogP contribution in [0.1, 0.15) is 84.9 Å². The lowest BCUT2D eigenvalue weighted by atomic mass is 10.1. The highest BCUT2D eigenvalue weighted by molar-refractivity contribution is 6.35. The highest BCUT2D eigenvalue weighted by atomic mass is 16.6. The van der Waals surface area contributed by atoms with Gasteiger partial charge in [-0.05, 0) is 84.9 Å². The molecule has 0 saturated carbocycles. The number of anilines is 4. The fourth-order valence-electron chi connectivity index (χ4n) is 11.1. The molecule has 0 saturated heterocycles. The number of pyridine rings is 7. The van der Waals surface area contributed by atoms with Crippen LogP contribution in [0.2, 0.25) is 0 Å². The van der Waals surface area contributed by atoms with Crippen LogP contribution in [0.15, 0.2) is 233 Å². The molecular weight excluding hydrogens is 1460 g/mol. The van der Waals surface area contributed by atoms with Crippen molar-refractivity contribution in [2.45, 2.75) is 26.4 Å². The Morgan fingerprint density at radius 1 is 0.381 bits per heavy atom. The van der Waals surface area contributed by atoms with E-state index in [0.29, 0.717) is 143 Å². The molecule has 562 valence electrons. The molecule has 4 amide bonds. The van der Waals surface area contributed by atoms with E-state index in [4.69, 9.17) is 44.4 Å². The van der Waals surface area contributed by atoms with Gasteiger partial charge in [0.1, 0.15) is 47.0 Å². The maximum atomic E-state index is 12.6. The number of nitrogen functional groups attached to an aromatic ring is 2. The smallest absolute Gasteiger partial charge is 0.346 e.